The van der Waals surface area contributed by atoms with Gasteiger partial charge in [0.1, 0.15) is 0 Å². The Labute approximate surface area is 156 Å². The number of nitrogens with zero attached hydrogens (tertiary/aromatic N) is 1. The van der Waals surface area contributed by atoms with Crippen molar-refractivity contribution in [3.8, 4) is 0 Å². The molecule has 0 spiro atoms. The smallest absolute Gasteiger partial charge is 0.258 e. The number of amides is 1. The monoisotopic (exact) mass is 374 g/mol. The maximum absolute atomic E-state index is 13.0. The van der Waals surface area contributed by atoms with Gasteiger partial charge >= 0.3 is 0 Å². The van der Waals surface area contributed by atoms with Crippen LogP contribution in [0, 0.1) is 6.92 Å². The van der Waals surface area contributed by atoms with Crippen molar-refractivity contribution >= 4 is 21.6 Å². The van der Waals surface area contributed by atoms with Gasteiger partial charge in [0.2, 0.25) is 10.0 Å². The quantitative estimate of drug-likeness (QED) is 0.716. The highest BCUT2D eigenvalue weighted by Crippen LogP contribution is 2.22. The van der Waals surface area contributed by atoms with E-state index in [2.05, 4.69) is 4.72 Å². The summed E-state index contributed by atoms with van der Waals surface area (Å²) >= 11 is 0. The van der Waals surface area contributed by atoms with Crippen molar-refractivity contribution in [2.24, 2.45) is 0 Å². The third-order valence-corrected chi connectivity index (χ3v) is 5.64. The topological polar surface area (TPSA) is 66.5 Å². The molecule has 0 radical (unpaired) electrons. The molecule has 0 aliphatic rings. The molecule has 26 heavy (non-hydrogen) atoms. The van der Waals surface area contributed by atoms with Crippen LogP contribution >= 0.6 is 0 Å². The lowest BCUT2D eigenvalue weighted by Gasteiger charge is -2.23. The van der Waals surface area contributed by atoms with Gasteiger partial charge in [0.25, 0.3) is 5.91 Å². The van der Waals surface area contributed by atoms with Gasteiger partial charge in [-0.15, -0.1) is 0 Å². The molecule has 1 N–H and O–H groups in total. The van der Waals surface area contributed by atoms with Gasteiger partial charge in [-0.05, 0) is 50.1 Å². The van der Waals surface area contributed by atoms with Crippen molar-refractivity contribution in [3.05, 3.63) is 59.7 Å². The number of para-hydroxylation sites is 1. The summed E-state index contributed by atoms with van der Waals surface area (Å²) < 4.78 is 27.4. The highest BCUT2D eigenvalue weighted by Gasteiger charge is 2.20. The summed E-state index contributed by atoms with van der Waals surface area (Å²) in [4.78, 5) is 14.7. The Morgan fingerprint density at radius 3 is 2.46 bits per heavy atom. The van der Waals surface area contributed by atoms with E-state index in [-0.39, 0.29) is 10.8 Å². The van der Waals surface area contributed by atoms with Crippen LogP contribution in [0.1, 0.15) is 42.6 Å². The van der Waals surface area contributed by atoms with Crippen LogP contribution in [0.25, 0.3) is 0 Å². The third-order valence-electron chi connectivity index (χ3n) is 4.18. The molecule has 6 heteroatoms. The molecule has 0 saturated heterocycles. The van der Waals surface area contributed by atoms with E-state index < -0.39 is 10.0 Å². The predicted molar refractivity (Wildman–Crippen MR) is 105 cm³/mol. The SMILES string of the molecule is CCCCNS(=O)(=O)c1cccc(C(=O)N(CC)c2ccccc2C)c1. The Hall–Kier alpha value is -2.18. The molecule has 0 heterocycles. The molecule has 2 rings (SSSR count). The number of nitrogens with one attached hydrogen (secondary N) is 1. The van der Waals surface area contributed by atoms with Crippen LogP contribution < -0.4 is 9.62 Å². The maximum Gasteiger partial charge on any atom is 0.258 e. The molecule has 0 aliphatic carbocycles. The first-order chi connectivity index (χ1) is 12.4. The van der Waals surface area contributed by atoms with Crippen molar-refractivity contribution in [3.63, 3.8) is 0 Å². The fraction of sp³-hybridized carbons (Fsp3) is 0.350. The Morgan fingerprint density at radius 1 is 1.08 bits per heavy atom. The molecule has 0 bridgehead atoms. The molecule has 5 nitrogen and oxygen atoms in total. The second-order valence-corrected chi connectivity index (χ2v) is 7.88. The number of rotatable bonds is 8. The number of sulfonamides is 1. The van der Waals surface area contributed by atoms with E-state index in [1.54, 1.807) is 17.0 Å². The minimum absolute atomic E-state index is 0.111. The molecular formula is C20H26N2O3S. The van der Waals surface area contributed by atoms with Crippen LogP contribution in [0.5, 0.6) is 0 Å². The van der Waals surface area contributed by atoms with Crippen LogP contribution in [0.15, 0.2) is 53.4 Å². The molecule has 2 aromatic carbocycles. The first-order valence-electron chi connectivity index (χ1n) is 8.88. The van der Waals surface area contributed by atoms with Crippen molar-refractivity contribution in [1.82, 2.24) is 4.72 Å². The molecule has 1 amide bonds. The summed E-state index contributed by atoms with van der Waals surface area (Å²) in [6.07, 6.45) is 1.68. The van der Waals surface area contributed by atoms with Gasteiger partial charge < -0.3 is 4.90 Å². The van der Waals surface area contributed by atoms with E-state index in [9.17, 15) is 13.2 Å². The second-order valence-electron chi connectivity index (χ2n) is 6.12. The first-order valence-corrected chi connectivity index (χ1v) is 10.4. The predicted octanol–water partition coefficient (Wildman–Crippen LogP) is 3.74. The fourth-order valence-corrected chi connectivity index (χ4v) is 3.83. The lowest BCUT2D eigenvalue weighted by molar-refractivity contribution is 0.0988. The van der Waals surface area contributed by atoms with E-state index in [0.29, 0.717) is 18.7 Å². The van der Waals surface area contributed by atoms with E-state index in [1.807, 2.05) is 45.0 Å². The highest BCUT2D eigenvalue weighted by atomic mass is 32.2. The number of benzene rings is 2. The zero-order valence-electron chi connectivity index (χ0n) is 15.5. The molecule has 0 fully saturated rings. The van der Waals surface area contributed by atoms with Crippen molar-refractivity contribution in [2.75, 3.05) is 18.0 Å². The van der Waals surface area contributed by atoms with Gasteiger partial charge in [-0.1, -0.05) is 37.6 Å². The summed E-state index contributed by atoms with van der Waals surface area (Å²) in [7, 11) is -3.61. The molecule has 0 unspecified atom stereocenters. The Kier molecular flexibility index (Phi) is 6.94. The lowest BCUT2D eigenvalue weighted by Crippen LogP contribution is -2.31. The van der Waals surface area contributed by atoms with E-state index in [4.69, 9.17) is 0 Å². The zero-order valence-corrected chi connectivity index (χ0v) is 16.3. The average Bonchev–Trinajstić information content (AvgIpc) is 2.64. The molecule has 140 valence electrons. The maximum atomic E-state index is 13.0. The number of hydrogen-bond donors (Lipinski definition) is 1. The summed E-state index contributed by atoms with van der Waals surface area (Å²) in [6, 6.07) is 13.9. The summed E-state index contributed by atoms with van der Waals surface area (Å²) in [6.45, 7) is 6.73. The number of aryl methyl sites for hydroxylation is 1. The van der Waals surface area contributed by atoms with Gasteiger partial charge in [-0.3, -0.25) is 4.79 Å². The Balaban J connectivity index is 2.31. The fourth-order valence-electron chi connectivity index (χ4n) is 2.71. The normalized spacial score (nSPS) is 11.3. The minimum atomic E-state index is -3.61. The highest BCUT2D eigenvalue weighted by molar-refractivity contribution is 7.89. The average molecular weight is 375 g/mol. The molecule has 0 aromatic heterocycles. The van der Waals surface area contributed by atoms with E-state index in [1.165, 1.54) is 12.1 Å². The van der Waals surface area contributed by atoms with Gasteiger partial charge in [0.05, 0.1) is 4.90 Å². The Morgan fingerprint density at radius 2 is 1.81 bits per heavy atom. The van der Waals surface area contributed by atoms with Gasteiger partial charge in [0.15, 0.2) is 0 Å². The van der Waals surface area contributed by atoms with Crippen LogP contribution in [0.2, 0.25) is 0 Å². The van der Waals surface area contributed by atoms with E-state index >= 15 is 0 Å². The van der Waals surface area contributed by atoms with Gasteiger partial charge in [0, 0.05) is 24.3 Å². The summed E-state index contributed by atoms with van der Waals surface area (Å²) in [5, 5.41) is 0. The van der Waals surface area contributed by atoms with Crippen LogP contribution in [0.3, 0.4) is 0 Å². The number of carbonyl (C=O) groups excluding carboxylic acids is 1. The van der Waals surface area contributed by atoms with Crippen molar-refractivity contribution < 1.29 is 13.2 Å². The largest absolute Gasteiger partial charge is 0.308 e. The van der Waals surface area contributed by atoms with Crippen molar-refractivity contribution in [1.29, 1.82) is 0 Å². The lowest BCUT2D eigenvalue weighted by atomic mass is 10.1. The second kappa shape index (κ2) is 8.96. The third kappa shape index (κ3) is 4.71. The van der Waals surface area contributed by atoms with Gasteiger partial charge in [-0.25, -0.2) is 13.1 Å². The molecule has 0 saturated carbocycles. The number of unbranched alkanes of at least 4 members (excludes halogenated alkanes) is 1. The van der Waals surface area contributed by atoms with Crippen molar-refractivity contribution in [2.45, 2.75) is 38.5 Å². The molecule has 0 atom stereocenters. The molecule has 2 aromatic rings. The van der Waals surface area contributed by atoms with Crippen LogP contribution in [-0.2, 0) is 10.0 Å². The summed E-state index contributed by atoms with van der Waals surface area (Å²) in [5.74, 6) is -0.215. The number of carbonyl (C=O) groups is 1. The Bertz CT molecular complexity index is 863. The number of anilines is 1. The van der Waals surface area contributed by atoms with Gasteiger partial charge in [-0.2, -0.15) is 0 Å². The first kappa shape index (κ1) is 20.1. The molecule has 0 aliphatic heterocycles. The van der Waals surface area contributed by atoms with E-state index in [0.717, 1.165) is 24.1 Å². The van der Waals surface area contributed by atoms with Crippen LogP contribution in [-0.4, -0.2) is 27.4 Å². The molecular weight excluding hydrogens is 348 g/mol. The minimum Gasteiger partial charge on any atom is -0.308 e. The zero-order chi connectivity index (χ0) is 19.2. The van der Waals surface area contributed by atoms with Crippen LogP contribution in [0.4, 0.5) is 5.69 Å². The number of hydrogen-bond acceptors (Lipinski definition) is 3. The summed E-state index contributed by atoms with van der Waals surface area (Å²) in [5.41, 5.74) is 2.18. The standard InChI is InChI=1S/C20H26N2O3S/c1-4-6-14-21-26(24,25)18-12-9-11-17(15-18)20(23)22(5-2)19-13-8-7-10-16(19)3/h7-13,15,21H,4-6,14H2,1-3H3.